The minimum Gasteiger partial charge on any atom is -0.478 e. The number of carbonyl (C=O) groups is 1. The first kappa shape index (κ1) is 15.0. The molecule has 0 heterocycles. The molecule has 110 valence electrons. The molecule has 2 N–H and O–H groups in total. The summed E-state index contributed by atoms with van der Waals surface area (Å²) in [6.45, 7) is 2.02. The Labute approximate surface area is 123 Å². The molecule has 0 saturated heterocycles. The molecule has 21 heavy (non-hydrogen) atoms. The molecule has 0 aliphatic heterocycles. The Bertz CT molecular complexity index is 613. The highest BCUT2D eigenvalue weighted by atomic mass is 19.1. The fourth-order valence-corrected chi connectivity index (χ4v) is 2.16. The molecule has 1 unspecified atom stereocenters. The van der Waals surface area contributed by atoms with E-state index in [1.54, 1.807) is 6.07 Å². The van der Waals surface area contributed by atoms with Crippen LogP contribution in [0.1, 0.15) is 29.3 Å². The van der Waals surface area contributed by atoms with Crippen LogP contribution in [0.15, 0.2) is 48.5 Å². The molecule has 1 atom stereocenters. The lowest BCUT2D eigenvalue weighted by Crippen LogP contribution is -2.16. The van der Waals surface area contributed by atoms with Gasteiger partial charge in [0.15, 0.2) is 0 Å². The standard InChI is InChI=1S/C17H18FNO2/c1-12(7-8-13-5-3-2-4-6-13)19-14-9-10-15(17(20)21)16(18)11-14/h2-6,9-12,19H,7-8H2,1H3,(H,20,21). The molecule has 3 nitrogen and oxygen atoms in total. The van der Waals surface area contributed by atoms with Crippen LogP contribution >= 0.6 is 0 Å². The molecule has 2 aromatic rings. The van der Waals surface area contributed by atoms with Gasteiger partial charge < -0.3 is 10.4 Å². The smallest absolute Gasteiger partial charge is 0.338 e. The van der Waals surface area contributed by atoms with Crippen molar-refractivity contribution >= 4 is 11.7 Å². The molecular weight excluding hydrogens is 269 g/mol. The molecule has 0 aromatic heterocycles. The van der Waals surface area contributed by atoms with E-state index >= 15 is 0 Å². The van der Waals surface area contributed by atoms with Crippen LogP contribution in [0.4, 0.5) is 10.1 Å². The number of halogens is 1. The number of hydrogen-bond donors (Lipinski definition) is 2. The van der Waals surface area contributed by atoms with E-state index < -0.39 is 11.8 Å². The number of nitrogens with one attached hydrogen (secondary N) is 1. The van der Waals surface area contributed by atoms with E-state index in [2.05, 4.69) is 17.4 Å². The van der Waals surface area contributed by atoms with Gasteiger partial charge in [0.2, 0.25) is 0 Å². The number of aryl methyl sites for hydroxylation is 1. The van der Waals surface area contributed by atoms with E-state index in [0.29, 0.717) is 5.69 Å². The normalized spacial score (nSPS) is 11.9. The summed E-state index contributed by atoms with van der Waals surface area (Å²) >= 11 is 0. The minimum atomic E-state index is -1.25. The van der Waals surface area contributed by atoms with Crippen LogP contribution in [0, 0.1) is 5.82 Å². The molecule has 0 spiro atoms. The highest BCUT2D eigenvalue weighted by molar-refractivity contribution is 5.88. The highest BCUT2D eigenvalue weighted by Crippen LogP contribution is 2.16. The van der Waals surface area contributed by atoms with Crippen molar-refractivity contribution in [2.24, 2.45) is 0 Å². The zero-order valence-corrected chi connectivity index (χ0v) is 11.8. The molecule has 0 radical (unpaired) electrons. The molecule has 0 aliphatic rings. The van der Waals surface area contributed by atoms with Gasteiger partial charge in [-0.05, 0) is 43.5 Å². The van der Waals surface area contributed by atoms with Crippen molar-refractivity contribution in [3.8, 4) is 0 Å². The largest absolute Gasteiger partial charge is 0.478 e. The maximum atomic E-state index is 13.6. The lowest BCUT2D eigenvalue weighted by Gasteiger charge is -2.15. The van der Waals surface area contributed by atoms with Crippen molar-refractivity contribution in [2.75, 3.05) is 5.32 Å². The van der Waals surface area contributed by atoms with Crippen LogP contribution in [0.25, 0.3) is 0 Å². The quantitative estimate of drug-likeness (QED) is 0.845. The fraction of sp³-hybridized carbons (Fsp3) is 0.235. The number of carboxylic acid groups (broad SMARTS) is 1. The molecule has 0 bridgehead atoms. The Morgan fingerprint density at radius 3 is 2.57 bits per heavy atom. The molecule has 4 heteroatoms. The fourth-order valence-electron chi connectivity index (χ4n) is 2.16. The van der Waals surface area contributed by atoms with Gasteiger partial charge in [-0.1, -0.05) is 30.3 Å². The third kappa shape index (κ3) is 4.31. The number of benzene rings is 2. The average Bonchev–Trinajstić information content (AvgIpc) is 2.46. The van der Waals surface area contributed by atoms with Gasteiger partial charge in [0.1, 0.15) is 5.82 Å². The molecule has 2 aromatic carbocycles. The van der Waals surface area contributed by atoms with Crippen LogP contribution in [0.2, 0.25) is 0 Å². The number of carboxylic acids is 1. The van der Waals surface area contributed by atoms with Gasteiger partial charge in [-0.2, -0.15) is 0 Å². The van der Waals surface area contributed by atoms with Crippen LogP contribution in [0.5, 0.6) is 0 Å². The predicted octanol–water partition coefficient (Wildman–Crippen LogP) is 3.96. The number of hydrogen-bond acceptors (Lipinski definition) is 2. The third-order valence-electron chi connectivity index (χ3n) is 3.32. The van der Waals surface area contributed by atoms with Crippen LogP contribution in [0.3, 0.4) is 0 Å². The third-order valence-corrected chi connectivity index (χ3v) is 3.32. The molecule has 0 fully saturated rings. The first-order valence-electron chi connectivity index (χ1n) is 6.89. The second kappa shape index (κ2) is 6.88. The van der Waals surface area contributed by atoms with E-state index in [1.165, 1.54) is 17.7 Å². The number of aromatic carboxylic acids is 1. The van der Waals surface area contributed by atoms with Gasteiger partial charge in [-0.15, -0.1) is 0 Å². The van der Waals surface area contributed by atoms with E-state index in [4.69, 9.17) is 5.11 Å². The van der Waals surface area contributed by atoms with E-state index in [9.17, 15) is 9.18 Å². The van der Waals surface area contributed by atoms with E-state index in [1.807, 2.05) is 25.1 Å². The molecule has 0 aliphatic carbocycles. The van der Waals surface area contributed by atoms with Crippen molar-refractivity contribution in [1.29, 1.82) is 0 Å². The average molecular weight is 287 g/mol. The number of rotatable bonds is 6. The predicted molar refractivity (Wildman–Crippen MR) is 81.2 cm³/mol. The first-order valence-corrected chi connectivity index (χ1v) is 6.89. The number of anilines is 1. The summed E-state index contributed by atoms with van der Waals surface area (Å²) in [7, 11) is 0. The Morgan fingerprint density at radius 2 is 1.95 bits per heavy atom. The maximum Gasteiger partial charge on any atom is 0.338 e. The van der Waals surface area contributed by atoms with Gasteiger partial charge in [-0.3, -0.25) is 0 Å². The first-order chi connectivity index (χ1) is 10.1. The van der Waals surface area contributed by atoms with Gasteiger partial charge >= 0.3 is 5.97 Å². The minimum absolute atomic E-state index is 0.167. The second-order valence-electron chi connectivity index (χ2n) is 5.07. The Hall–Kier alpha value is -2.36. The molecular formula is C17H18FNO2. The molecule has 0 amide bonds. The van der Waals surface area contributed by atoms with Crippen LogP contribution < -0.4 is 5.32 Å². The summed E-state index contributed by atoms with van der Waals surface area (Å²) in [5.41, 5.74) is 1.55. The molecule has 0 saturated carbocycles. The zero-order chi connectivity index (χ0) is 15.2. The van der Waals surface area contributed by atoms with E-state index in [-0.39, 0.29) is 11.6 Å². The summed E-state index contributed by atoms with van der Waals surface area (Å²) in [6, 6.07) is 14.4. The van der Waals surface area contributed by atoms with Crippen molar-refractivity contribution in [1.82, 2.24) is 0 Å². The van der Waals surface area contributed by atoms with Gasteiger partial charge in [0, 0.05) is 11.7 Å². The Balaban J connectivity index is 1.92. The van der Waals surface area contributed by atoms with Crippen LogP contribution in [-0.2, 0) is 6.42 Å². The Morgan fingerprint density at radius 1 is 1.24 bits per heavy atom. The van der Waals surface area contributed by atoms with Gasteiger partial charge in [0.05, 0.1) is 5.56 Å². The van der Waals surface area contributed by atoms with E-state index in [0.717, 1.165) is 12.8 Å². The summed E-state index contributed by atoms with van der Waals surface area (Å²) in [5.74, 6) is -1.97. The summed E-state index contributed by atoms with van der Waals surface area (Å²) in [4.78, 5) is 10.8. The highest BCUT2D eigenvalue weighted by Gasteiger charge is 2.11. The maximum absolute atomic E-state index is 13.6. The molecule has 2 rings (SSSR count). The Kier molecular flexibility index (Phi) is 4.93. The van der Waals surface area contributed by atoms with Crippen molar-refractivity contribution in [3.63, 3.8) is 0 Å². The summed E-state index contributed by atoms with van der Waals surface area (Å²) in [6.07, 6.45) is 1.84. The van der Waals surface area contributed by atoms with Gasteiger partial charge in [0.25, 0.3) is 0 Å². The van der Waals surface area contributed by atoms with Crippen LogP contribution in [-0.4, -0.2) is 17.1 Å². The summed E-state index contributed by atoms with van der Waals surface area (Å²) in [5, 5.41) is 12.0. The van der Waals surface area contributed by atoms with Gasteiger partial charge in [-0.25, -0.2) is 9.18 Å². The topological polar surface area (TPSA) is 49.3 Å². The second-order valence-corrected chi connectivity index (χ2v) is 5.07. The van der Waals surface area contributed by atoms with Crippen molar-refractivity contribution < 1.29 is 14.3 Å². The SMILES string of the molecule is CC(CCc1ccccc1)Nc1ccc(C(=O)O)c(F)c1. The lowest BCUT2D eigenvalue weighted by molar-refractivity contribution is 0.0692. The van der Waals surface area contributed by atoms with Crippen molar-refractivity contribution in [2.45, 2.75) is 25.8 Å². The lowest BCUT2D eigenvalue weighted by atomic mass is 10.1. The monoisotopic (exact) mass is 287 g/mol. The van der Waals surface area contributed by atoms with Crippen molar-refractivity contribution in [3.05, 3.63) is 65.5 Å². The zero-order valence-electron chi connectivity index (χ0n) is 11.8. The summed E-state index contributed by atoms with van der Waals surface area (Å²) < 4.78 is 13.6.